The Kier molecular flexibility index (Phi) is 16.4. The number of carbonyl (C=O) groups is 2. The Morgan fingerprint density at radius 3 is 1.54 bits per heavy atom. The summed E-state index contributed by atoms with van der Waals surface area (Å²) in [5.41, 5.74) is 0. The van der Waals surface area contributed by atoms with Crippen LogP contribution in [0.2, 0.25) is 0 Å². The second-order valence-electron chi connectivity index (χ2n) is 1.92. The van der Waals surface area contributed by atoms with E-state index in [1.807, 2.05) is 0 Å². The first-order valence-electron chi connectivity index (χ1n) is 2.83. The zero-order chi connectivity index (χ0) is 8.85. The maximum absolute atomic E-state index is 10.0. The zero-order valence-electron chi connectivity index (χ0n) is 9.73. The van der Waals surface area contributed by atoms with Gasteiger partial charge >= 0.3 is 71.1 Å². The van der Waals surface area contributed by atoms with Crippen molar-refractivity contribution in [3.05, 3.63) is 0 Å². The summed E-state index contributed by atoms with van der Waals surface area (Å²) in [5.74, 6) is -2.33. The summed E-state index contributed by atoms with van der Waals surface area (Å²) in [6, 6.07) is 0. The minimum absolute atomic E-state index is 0. The number of aliphatic hydroxyl groups is 1. The van der Waals surface area contributed by atoms with Gasteiger partial charge in [-0.2, -0.15) is 0 Å². The fourth-order valence-corrected chi connectivity index (χ4v) is 0.538. The van der Waals surface area contributed by atoms with Crippen LogP contribution in [0.3, 0.4) is 0 Å². The first-order valence-corrected chi connectivity index (χ1v) is 2.83. The molecule has 0 aromatic carbocycles. The van der Waals surface area contributed by atoms with Crippen molar-refractivity contribution in [2.45, 2.75) is 0 Å². The molecule has 6 nitrogen and oxygen atoms in total. The molecule has 0 aliphatic carbocycles. The summed E-state index contributed by atoms with van der Waals surface area (Å²) in [4.78, 5) is 20.9. The summed E-state index contributed by atoms with van der Waals surface area (Å²) < 4.78 is 0. The van der Waals surface area contributed by atoms with Gasteiger partial charge in [-0.05, 0) is 0 Å². The second-order valence-corrected chi connectivity index (χ2v) is 1.92. The van der Waals surface area contributed by atoms with Crippen molar-refractivity contribution in [2.75, 3.05) is 19.8 Å². The van der Waals surface area contributed by atoms with Crippen LogP contribution in [0.25, 0.3) is 0 Å². The molecule has 0 spiro atoms. The van der Waals surface area contributed by atoms with Crippen molar-refractivity contribution in [1.82, 2.24) is 4.90 Å². The maximum Gasteiger partial charge on any atom is 1.00 e. The average Bonchev–Trinajstić information content (AvgIpc) is 1.84. The van der Waals surface area contributed by atoms with Crippen LogP contribution >= 0.6 is 0 Å². The van der Waals surface area contributed by atoms with E-state index in [-0.39, 0.29) is 62.0 Å². The molecule has 0 rings (SSSR count). The molecule has 0 fully saturated rings. The fraction of sp³-hybridized carbons (Fsp3) is 0.600. The molecule has 0 aromatic heterocycles. The van der Waals surface area contributed by atoms with Crippen LogP contribution in [0, 0.1) is 0 Å². The van der Waals surface area contributed by atoms with Crippen LogP contribution in [-0.2, 0) is 9.59 Å². The molecule has 0 heterocycles. The van der Waals surface area contributed by atoms with E-state index in [0.29, 0.717) is 0 Å². The first kappa shape index (κ1) is 19.4. The quantitative estimate of drug-likeness (QED) is 0.309. The Balaban J connectivity index is -0.0000000833. The van der Waals surface area contributed by atoms with Crippen molar-refractivity contribution in [2.24, 2.45) is 0 Å². The Bertz CT molecular complexity index is 158. The monoisotopic (exact) mass is 211 g/mol. The number of hydrogen-bond donors (Lipinski definition) is 3. The van der Waals surface area contributed by atoms with Crippen molar-refractivity contribution in [3.63, 3.8) is 0 Å². The van der Waals surface area contributed by atoms with Gasteiger partial charge in [-0.25, -0.2) is 0 Å². The molecule has 8 heteroatoms. The van der Waals surface area contributed by atoms with Crippen LogP contribution in [0.15, 0.2) is 0 Å². The van der Waals surface area contributed by atoms with Crippen LogP contribution in [0.1, 0.15) is 2.85 Å². The summed E-state index contributed by atoms with van der Waals surface area (Å²) >= 11 is 0. The van der Waals surface area contributed by atoms with E-state index < -0.39 is 31.8 Å². The van der Waals surface area contributed by atoms with E-state index in [4.69, 9.17) is 15.3 Å². The third-order valence-electron chi connectivity index (χ3n) is 0.918. The van der Waals surface area contributed by atoms with Crippen molar-refractivity contribution in [1.29, 1.82) is 0 Å². The number of nitrogens with zero attached hydrogens (tertiary/aromatic N) is 1. The molecule has 13 heavy (non-hydrogen) atoms. The topological polar surface area (TPSA) is 98.1 Å². The van der Waals surface area contributed by atoms with E-state index >= 15 is 0 Å². The molecule has 0 aliphatic heterocycles. The van der Waals surface area contributed by atoms with E-state index in [1.165, 1.54) is 0 Å². The largest absolute Gasteiger partial charge is 1.00 e. The fourth-order valence-electron chi connectivity index (χ4n) is 0.538. The Morgan fingerprint density at radius 1 is 1.08 bits per heavy atom. The molecule has 0 aliphatic rings. The molecular formula is C5H11NNa2O5. The van der Waals surface area contributed by atoms with Crippen LogP contribution in [0.5, 0.6) is 0 Å². The van der Waals surface area contributed by atoms with Gasteiger partial charge in [0, 0.05) is 0 Å². The molecule has 0 radical (unpaired) electrons. The van der Waals surface area contributed by atoms with Gasteiger partial charge in [0.05, 0.1) is 19.8 Å². The Hall–Kier alpha value is 0.860. The van der Waals surface area contributed by atoms with E-state index in [9.17, 15) is 9.59 Å². The van der Waals surface area contributed by atoms with Gasteiger partial charge in [-0.15, -0.1) is 0 Å². The normalized spacial score (nSPS) is 8.46. The number of rotatable bonds is 5. The van der Waals surface area contributed by atoms with Gasteiger partial charge in [0.2, 0.25) is 0 Å². The maximum atomic E-state index is 10.0. The zero-order valence-corrected chi connectivity index (χ0v) is 11.7. The molecular weight excluding hydrogens is 200 g/mol. The van der Waals surface area contributed by atoms with Crippen molar-refractivity contribution < 1.29 is 86.9 Å². The van der Waals surface area contributed by atoms with E-state index in [0.717, 1.165) is 4.90 Å². The minimum atomic E-state index is -1.17. The SMILES string of the molecule is O=C(O)CN(CO)CC(=O)O.[H-].[H-].[Na+].[Na+]. The Labute approximate surface area is 122 Å². The van der Waals surface area contributed by atoms with E-state index in [1.54, 1.807) is 0 Å². The molecule has 0 amide bonds. The molecule has 0 saturated carbocycles. The number of hydrogen-bond acceptors (Lipinski definition) is 4. The third kappa shape index (κ3) is 12.9. The number of carboxylic acids is 2. The molecule has 0 unspecified atom stereocenters. The van der Waals surface area contributed by atoms with Crippen molar-refractivity contribution >= 4 is 11.9 Å². The molecule has 68 valence electrons. The van der Waals surface area contributed by atoms with Crippen LogP contribution < -0.4 is 59.1 Å². The molecule has 0 bridgehead atoms. The van der Waals surface area contributed by atoms with Gasteiger partial charge in [0.1, 0.15) is 0 Å². The molecule has 3 N–H and O–H groups in total. The molecule has 0 aromatic rings. The Morgan fingerprint density at radius 2 is 1.38 bits per heavy atom. The number of aliphatic carboxylic acids is 2. The van der Waals surface area contributed by atoms with Gasteiger partial charge in [-0.1, -0.05) is 0 Å². The number of carboxylic acid groups (broad SMARTS) is 2. The summed E-state index contributed by atoms with van der Waals surface area (Å²) in [7, 11) is 0. The molecule has 0 saturated heterocycles. The predicted molar refractivity (Wildman–Crippen MR) is 36.2 cm³/mol. The minimum Gasteiger partial charge on any atom is -1.00 e. The average molecular weight is 211 g/mol. The third-order valence-corrected chi connectivity index (χ3v) is 0.918. The van der Waals surface area contributed by atoms with Crippen LogP contribution in [0.4, 0.5) is 0 Å². The summed E-state index contributed by atoms with van der Waals surface area (Å²) in [6.45, 7) is -1.51. The van der Waals surface area contributed by atoms with Crippen LogP contribution in [-0.4, -0.2) is 52.0 Å². The van der Waals surface area contributed by atoms with Gasteiger partial charge in [-0.3, -0.25) is 14.5 Å². The smallest absolute Gasteiger partial charge is 1.00 e. The standard InChI is InChI=1S/C5H9NO5.2Na.2H/c7-3-6(1-4(8)9)2-5(10)11;;;;/h7H,1-3H2,(H,8,9)(H,10,11);;;;/q;2*+1;2*-1. The van der Waals surface area contributed by atoms with Gasteiger partial charge in [0.25, 0.3) is 0 Å². The van der Waals surface area contributed by atoms with Crippen molar-refractivity contribution in [3.8, 4) is 0 Å². The van der Waals surface area contributed by atoms with E-state index in [2.05, 4.69) is 0 Å². The summed E-state index contributed by atoms with van der Waals surface area (Å²) in [5, 5.41) is 24.8. The second kappa shape index (κ2) is 10.9. The van der Waals surface area contributed by atoms with Gasteiger partial charge < -0.3 is 18.2 Å². The first-order chi connectivity index (χ1) is 5.06. The van der Waals surface area contributed by atoms with Gasteiger partial charge in [0.15, 0.2) is 0 Å². The molecule has 0 atom stereocenters. The number of aliphatic hydroxyl groups excluding tert-OH is 1. The summed E-state index contributed by atoms with van der Waals surface area (Å²) in [6.07, 6.45) is 0. The predicted octanol–water partition coefficient (Wildman–Crippen LogP) is -7.36.